The predicted octanol–water partition coefficient (Wildman–Crippen LogP) is 4.39. The molecule has 0 saturated carbocycles. The number of carbonyl (C=O) groups is 2. The molecular formula is C23H28FN3O3. The molecule has 0 radical (unpaired) electrons. The van der Waals surface area contributed by atoms with Crippen LogP contribution >= 0.6 is 0 Å². The molecule has 30 heavy (non-hydrogen) atoms. The average molecular weight is 413 g/mol. The molecule has 2 heterocycles. The van der Waals surface area contributed by atoms with E-state index in [9.17, 15) is 14.0 Å². The molecule has 0 saturated heterocycles. The maximum atomic E-state index is 13.3. The fourth-order valence-corrected chi connectivity index (χ4v) is 3.90. The first-order valence-corrected chi connectivity index (χ1v) is 10.2. The summed E-state index contributed by atoms with van der Waals surface area (Å²) in [4.78, 5) is 27.5. The highest BCUT2D eigenvalue weighted by atomic mass is 19.1. The van der Waals surface area contributed by atoms with Crippen molar-refractivity contribution in [2.75, 3.05) is 6.61 Å². The topological polar surface area (TPSA) is 56.5 Å². The Kier molecular flexibility index (Phi) is 6.29. The number of benzene rings is 1. The number of rotatable bonds is 7. The van der Waals surface area contributed by atoms with Crippen molar-refractivity contribution in [2.24, 2.45) is 0 Å². The number of esters is 1. The Morgan fingerprint density at radius 3 is 2.23 bits per heavy atom. The molecule has 0 fully saturated rings. The van der Waals surface area contributed by atoms with Crippen LogP contribution in [0.15, 0.2) is 42.6 Å². The van der Waals surface area contributed by atoms with Crippen LogP contribution in [0.4, 0.5) is 4.39 Å². The van der Waals surface area contributed by atoms with Crippen LogP contribution in [-0.4, -0.2) is 44.6 Å². The Balaban J connectivity index is 2.09. The van der Waals surface area contributed by atoms with E-state index in [1.54, 1.807) is 34.6 Å². The number of fused-ring (bicyclic) bond motifs is 1. The van der Waals surface area contributed by atoms with Crippen molar-refractivity contribution in [3.8, 4) is 5.69 Å². The van der Waals surface area contributed by atoms with Crippen LogP contribution in [0.1, 0.15) is 45.1 Å². The van der Waals surface area contributed by atoms with Gasteiger partial charge in [-0.1, -0.05) is 0 Å². The van der Waals surface area contributed by atoms with E-state index in [2.05, 4.69) is 0 Å². The van der Waals surface area contributed by atoms with Gasteiger partial charge < -0.3 is 18.8 Å². The molecule has 0 N–H and O–H groups in total. The van der Waals surface area contributed by atoms with Gasteiger partial charge in [-0.3, -0.25) is 4.79 Å². The smallest absolute Gasteiger partial charge is 0.355 e. The van der Waals surface area contributed by atoms with Crippen LogP contribution < -0.4 is 0 Å². The van der Waals surface area contributed by atoms with Gasteiger partial charge in [0.25, 0.3) is 0 Å². The summed E-state index contributed by atoms with van der Waals surface area (Å²) < 4.78 is 22.1. The normalized spacial score (nSPS) is 11.5. The summed E-state index contributed by atoms with van der Waals surface area (Å²) in [5.41, 5.74) is 2.57. The number of amides is 1. The van der Waals surface area contributed by atoms with Crippen molar-refractivity contribution in [3.05, 3.63) is 54.1 Å². The SMILES string of the molecule is CCOC(=O)c1cc2c(ccn2-c2ccc(F)cc2)n1CC(=O)N(C(C)C)C(C)C. The quantitative estimate of drug-likeness (QED) is 0.540. The second kappa shape index (κ2) is 8.73. The molecule has 3 rings (SSSR count). The summed E-state index contributed by atoms with van der Waals surface area (Å²) >= 11 is 0. The van der Waals surface area contributed by atoms with Gasteiger partial charge in [0, 0.05) is 24.0 Å². The number of hydrogen-bond acceptors (Lipinski definition) is 3. The van der Waals surface area contributed by atoms with Crippen molar-refractivity contribution in [2.45, 2.75) is 53.2 Å². The molecule has 0 aliphatic rings. The van der Waals surface area contributed by atoms with Crippen molar-refractivity contribution in [1.29, 1.82) is 0 Å². The minimum Gasteiger partial charge on any atom is -0.461 e. The highest BCUT2D eigenvalue weighted by molar-refractivity contribution is 5.96. The number of ether oxygens (including phenoxy) is 1. The van der Waals surface area contributed by atoms with Crippen LogP contribution in [-0.2, 0) is 16.1 Å². The zero-order valence-electron chi connectivity index (χ0n) is 18.1. The average Bonchev–Trinajstić information content (AvgIpc) is 3.22. The van der Waals surface area contributed by atoms with E-state index in [1.807, 2.05) is 44.5 Å². The largest absolute Gasteiger partial charge is 0.461 e. The number of nitrogens with zero attached hydrogens (tertiary/aromatic N) is 3. The summed E-state index contributed by atoms with van der Waals surface area (Å²) in [7, 11) is 0. The van der Waals surface area contributed by atoms with Gasteiger partial charge in [-0.2, -0.15) is 0 Å². The lowest BCUT2D eigenvalue weighted by molar-refractivity contribution is -0.135. The number of halogens is 1. The number of carbonyl (C=O) groups excluding carboxylic acids is 2. The molecule has 0 aliphatic heterocycles. The zero-order chi connectivity index (χ0) is 22.0. The molecule has 0 atom stereocenters. The molecule has 3 aromatic rings. The highest BCUT2D eigenvalue weighted by Gasteiger charge is 2.25. The second-order valence-electron chi connectivity index (χ2n) is 7.76. The Bertz CT molecular complexity index is 1040. The van der Waals surface area contributed by atoms with Crippen molar-refractivity contribution >= 4 is 22.9 Å². The van der Waals surface area contributed by atoms with Gasteiger partial charge in [0.2, 0.25) is 5.91 Å². The fourth-order valence-electron chi connectivity index (χ4n) is 3.90. The molecule has 1 aromatic carbocycles. The Morgan fingerprint density at radius 1 is 1.03 bits per heavy atom. The number of aromatic nitrogens is 2. The van der Waals surface area contributed by atoms with E-state index < -0.39 is 5.97 Å². The van der Waals surface area contributed by atoms with Gasteiger partial charge in [-0.15, -0.1) is 0 Å². The summed E-state index contributed by atoms with van der Waals surface area (Å²) in [5.74, 6) is -0.870. The van der Waals surface area contributed by atoms with Gasteiger partial charge in [-0.05, 0) is 71.0 Å². The van der Waals surface area contributed by atoms with Crippen molar-refractivity contribution < 1.29 is 18.7 Å². The fraction of sp³-hybridized carbons (Fsp3) is 0.391. The van der Waals surface area contributed by atoms with Gasteiger partial charge in [0.15, 0.2) is 0 Å². The lowest BCUT2D eigenvalue weighted by Gasteiger charge is -2.31. The van der Waals surface area contributed by atoms with E-state index >= 15 is 0 Å². The number of hydrogen-bond donors (Lipinski definition) is 0. The highest BCUT2D eigenvalue weighted by Crippen LogP contribution is 2.26. The summed E-state index contributed by atoms with van der Waals surface area (Å²) in [6.45, 7) is 9.90. The van der Waals surface area contributed by atoms with Crippen molar-refractivity contribution in [1.82, 2.24) is 14.0 Å². The summed E-state index contributed by atoms with van der Waals surface area (Å²) in [6.07, 6.45) is 1.84. The molecule has 0 aliphatic carbocycles. The predicted molar refractivity (Wildman–Crippen MR) is 114 cm³/mol. The summed E-state index contributed by atoms with van der Waals surface area (Å²) in [5, 5.41) is 0. The lowest BCUT2D eigenvalue weighted by Crippen LogP contribution is -2.44. The maximum absolute atomic E-state index is 13.3. The molecule has 160 valence electrons. The first-order chi connectivity index (χ1) is 14.2. The minimum atomic E-state index is -0.479. The van der Waals surface area contributed by atoms with Gasteiger partial charge in [-0.25, -0.2) is 9.18 Å². The first kappa shape index (κ1) is 21.6. The van der Waals surface area contributed by atoms with Crippen LogP contribution in [0.25, 0.3) is 16.7 Å². The van der Waals surface area contributed by atoms with Gasteiger partial charge in [0.1, 0.15) is 18.1 Å². The Morgan fingerprint density at radius 2 is 1.67 bits per heavy atom. The van der Waals surface area contributed by atoms with Crippen LogP contribution in [0, 0.1) is 5.82 Å². The third-order valence-corrected chi connectivity index (χ3v) is 5.04. The third kappa shape index (κ3) is 4.10. The molecule has 1 amide bonds. The van der Waals surface area contributed by atoms with Gasteiger partial charge in [0.05, 0.1) is 17.6 Å². The Hall–Kier alpha value is -3.09. The third-order valence-electron chi connectivity index (χ3n) is 5.04. The lowest BCUT2D eigenvalue weighted by atomic mass is 10.2. The van der Waals surface area contributed by atoms with Crippen LogP contribution in [0.3, 0.4) is 0 Å². The molecule has 7 heteroatoms. The molecule has 0 bridgehead atoms. The monoisotopic (exact) mass is 413 g/mol. The molecule has 0 spiro atoms. The van der Waals surface area contributed by atoms with E-state index in [0.717, 1.165) is 16.7 Å². The second-order valence-corrected chi connectivity index (χ2v) is 7.76. The maximum Gasteiger partial charge on any atom is 0.355 e. The van der Waals surface area contributed by atoms with Crippen LogP contribution in [0.5, 0.6) is 0 Å². The van der Waals surface area contributed by atoms with Crippen LogP contribution in [0.2, 0.25) is 0 Å². The standard InChI is InChI=1S/C23H28FN3O3/c1-6-30-23(29)21-13-20-19(11-12-25(20)18-9-7-17(24)8-10-18)26(21)14-22(28)27(15(2)3)16(4)5/h7-13,15-16H,6,14H2,1-5H3. The van der Waals surface area contributed by atoms with E-state index in [0.29, 0.717) is 5.69 Å². The van der Waals surface area contributed by atoms with Gasteiger partial charge >= 0.3 is 5.97 Å². The molecule has 2 aromatic heterocycles. The van der Waals surface area contributed by atoms with E-state index in [4.69, 9.17) is 4.74 Å². The first-order valence-electron chi connectivity index (χ1n) is 10.2. The molecule has 6 nitrogen and oxygen atoms in total. The molecular weight excluding hydrogens is 385 g/mol. The minimum absolute atomic E-state index is 0.0292. The van der Waals surface area contributed by atoms with E-state index in [-0.39, 0.29) is 37.0 Å². The summed E-state index contributed by atoms with van der Waals surface area (Å²) in [6, 6.07) is 9.76. The molecule has 0 unspecified atom stereocenters. The zero-order valence-corrected chi connectivity index (χ0v) is 18.1. The van der Waals surface area contributed by atoms with E-state index in [1.165, 1.54) is 12.1 Å². The Labute approximate surface area is 175 Å². The van der Waals surface area contributed by atoms with Crippen molar-refractivity contribution in [3.63, 3.8) is 0 Å².